The van der Waals surface area contributed by atoms with Gasteiger partial charge in [0.1, 0.15) is 10.8 Å². The number of hydrogen-bond acceptors (Lipinski definition) is 10. The second kappa shape index (κ2) is 13.5. The molecule has 1 fully saturated rings. The first-order valence-electron chi connectivity index (χ1n) is 14.6. The van der Waals surface area contributed by atoms with Crippen molar-refractivity contribution in [2.24, 2.45) is 0 Å². The minimum atomic E-state index is -1.57. The molecule has 0 saturated heterocycles. The summed E-state index contributed by atoms with van der Waals surface area (Å²) in [5, 5.41) is 26.8. The van der Waals surface area contributed by atoms with E-state index in [1.54, 1.807) is 46.9 Å². The van der Waals surface area contributed by atoms with Gasteiger partial charge in [-0.1, -0.05) is 83.3 Å². The van der Waals surface area contributed by atoms with E-state index in [9.17, 15) is 4.21 Å². The Hall–Kier alpha value is -4.13. The highest BCUT2D eigenvalue weighted by molar-refractivity contribution is 7.99. The van der Waals surface area contributed by atoms with Crippen molar-refractivity contribution in [3.63, 3.8) is 0 Å². The Balaban J connectivity index is 0.969. The lowest BCUT2D eigenvalue weighted by atomic mass is 10.0. The van der Waals surface area contributed by atoms with E-state index >= 15 is 0 Å². The van der Waals surface area contributed by atoms with Crippen LogP contribution in [0.1, 0.15) is 43.4 Å². The molecule has 1 aliphatic rings. The van der Waals surface area contributed by atoms with Gasteiger partial charge in [-0.25, -0.2) is 8.89 Å². The molecule has 3 aromatic heterocycles. The van der Waals surface area contributed by atoms with Crippen molar-refractivity contribution in [1.82, 2.24) is 35.4 Å². The zero-order valence-corrected chi connectivity index (χ0v) is 26.5. The second-order valence-electron chi connectivity index (χ2n) is 10.8. The van der Waals surface area contributed by atoms with Gasteiger partial charge in [0.15, 0.2) is 0 Å². The van der Waals surface area contributed by atoms with Crippen LogP contribution in [0.2, 0.25) is 5.02 Å². The lowest BCUT2D eigenvalue weighted by Crippen LogP contribution is -2.07. The largest absolute Gasteiger partial charge is 0.411 e. The second-order valence-corrected chi connectivity index (χ2v) is 13.8. The number of halogens is 1. The summed E-state index contributed by atoms with van der Waals surface area (Å²) in [6.45, 7) is 0.510. The quantitative estimate of drug-likeness (QED) is 0.146. The Labute approximate surface area is 271 Å². The Morgan fingerprint density at radius 2 is 1.51 bits per heavy atom. The van der Waals surface area contributed by atoms with E-state index in [1.165, 1.54) is 32.1 Å². The Morgan fingerprint density at radius 3 is 2.31 bits per heavy atom. The highest BCUT2D eigenvalue weighted by Gasteiger charge is 2.19. The molecule has 0 amide bonds. The fraction of sp³-hybridized carbons (Fsp3) is 0.250. The van der Waals surface area contributed by atoms with Crippen molar-refractivity contribution in [2.75, 3.05) is 0 Å². The van der Waals surface area contributed by atoms with Crippen LogP contribution < -0.4 is 0 Å². The molecule has 3 aromatic carbocycles. The lowest BCUT2D eigenvalue weighted by molar-refractivity contribution is 0.455. The van der Waals surface area contributed by atoms with Crippen molar-refractivity contribution in [3.05, 3.63) is 95.3 Å². The van der Waals surface area contributed by atoms with E-state index in [1.807, 2.05) is 24.3 Å². The molecular formula is C32H28ClN7O3S2. The Bertz CT molecular complexity index is 1920. The van der Waals surface area contributed by atoms with Gasteiger partial charge in [0.05, 0.1) is 18.0 Å². The predicted octanol–water partition coefficient (Wildman–Crippen LogP) is 7.48. The molecule has 10 nitrogen and oxygen atoms in total. The van der Waals surface area contributed by atoms with Crippen LogP contribution in [0, 0.1) is 0 Å². The van der Waals surface area contributed by atoms with Gasteiger partial charge in [-0.15, -0.1) is 20.4 Å². The van der Waals surface area contributed by atoms with Gasteiger partial charge in [0, 0.05) is 27.6 Å². The van der Waals surface area contributed by atoms with Crippen molar-refractivity contribution < 1.29 is 13.0 Å². The molecule has 228 valence electrons. The van der Waals surface area contributed by atoms with E-state index in [0.29, 0.717) is 39.2 Å². The number of nitrogens with zero attached hydrogens (tertiary/aromatic N) is 7. The molecule has 45 heavy (non-hydrogen) atoms. The van der Waals surface area contributed by atoms with Crippen LogP contribution in [0.5, 0.6) is 0 Å². The topological polar surface area (TPSA) is 126 Å². The molecule has 0 spiro atoms. The number of benzene rings is 3. The van der Waals surface area contributed by atoms with Gasteiger partial charge < -0.3 is 8.83 Å². The molecule has 0 radical (unpaired) electrons. The van der Waals surface area contributed by atoms with E-state index in [4.69, 9.17) is 20.4 Å². The number of thioether (sulfide) groups is 1. The summed E-state index contributed by atoms with van der Waals surface area (Å²) in [6.07, 6.45) is 8.08. The van der Waals surface area contributed by atoms with Crippen LogP contribution in [0.4, 0.5) is 0 Å². The van der Waals surface area contributed by atoms with Gasteiger partial charge in [0.2, 0.25) is 11.8 Å². The van der Waals surface area contributed by atoms with E-state index < -0.39 is 10.8 Å². The first-order valence-corrected chi connectivity index (χ1v) is 17.2. The molecule has 1 aliphatic carbocycles. The first-order chi connectivity index (χ1) is 22.1. The zero-order chi connectivity index (χ0) is 30.6. The standard InChI is InChI=1S/C32H28ClN7O3S2/c33-26-15-13-24(14-16-26)30-36-38-32(43-30)45(41)20-27-19-40(39-34-27)18-21-5-4-6-25(17-21)22-9-11-23(12-10-22)29-35-37-31(42-29)44-28-7-2-1-3-8-28/h4-6,9-17,19,28H,1-3,7-8,18,20H2/t45-/m0/s1. The monoisotopic (exact) mass is 657 g/mol. The number of aromatic nitrogens is 7. The predicted molar refractivity (Wildman–Crippen MR) is 172 cm³/mol. The molecule has 7 rings (SSSR count). The maximum Gasteiger partial charge on any atom is 0.308 e. The third-order valence-electron chi connectivity index (χ3n) is 7.52. The Morgan fingerprint density at radius 1 is 0.800 bits per heavy atom. The van der Waals surface area contributed by atoms with Crippen LogP contribution >= 0.6 is 23.4 Å². The minimum Gasteiger partial charge on any atom is -0.411 e. The SMILES string of the molecule is O=[S@@](Cc1cn(Cc2cccc(-c3ccc(-c4nnc(SC5CCCCC5)o4)cc3)c2)nn1)c1nnc(-c2ccc(Cl)cc2)o1. The molecule has 13 heteroatoms. The highest BCUT2D eigenvalue weighted by Crippen LogP contribution is 2.34. The molecule has 6 aromatic rings. The molecule has 0 bridgehead atoms. The highest BCUT2D eigenvalue weighted by atomic mass is 35.5. The summed E-state index contributed by atoms with van der Waals surface area (Å²) in [7, 11) is -1.57. The van der Waals surface area contributed by atoms with Crippen molar-refractivity contribution >= 4 is 34.2 Å². The zero-order valence-electron chi connectivity index (χ0n) is 24.1. The van der Waals surface area contributed by atoms with Crippen LogP contribution in [-0.2, 0) is 23.1 Å². The molecule has 1 atom stereocenters. The van der Waals surface area contributed by atoms with Crippen molar-refractivity contribution in [3.8, 4) is 34.0 Å². The van der Waals surface area contributed by atoms with Gasteiger partial charge >= 0.3 is 5.22 Å². The minimum absolute atomic E-state index is 0.0334. The van der Waals surface area contributed by atoms with Crippen LogP contribution in [0.3, 0.4) is 0 Å². The summed E-state index contributed by atoms with van der Waals surface area (Å²) in [4.78, 5) is 0. The van der Waals surface area contributed by atoms with Crippen LogP contribution in [-0.4, -0.2) is 44.8 Å². The average molecular weight is 658 g/mol. The van der Waals surface area contributed by atoms with Crippen LogP contribution in [0.15, 0.2) is 98.3 Å². The third kappa shape index (κ3) is 7.24. The normalized spacial score (nSPS) is 14.5. The van der Waals surface area contributed by atoms with Crippen molar-refractivity contribution in [1.29, 1.82) is 0 Å². The number of rotatable bonds is 10. The number of hydrogen-bond donors (Lipinski definition) is 0. The van der Waals surface area contributed by atoms with Crippen molar-refractivity contribution in [2.45, 2.75) is 60.1 Å². The van der Waals surface area contributed by atoms with E-state index in [0.717, 1.165) is 22.3 Å². The Kier molecular flexibility index (Phi) is 8.85. The summed E-state index contributed by atoms with van der Waals surface area (Å²) in [5.41, 5.74) is 5.36. The summed E-state index contributed by atoms with van der Waals surface area (Å²) >= 11 is 7.65. The first kappa shape index (κ1) is 29.6. The average Bonchev–Trinajstić information content (AvgIpc) is 3.85. The lowest BCUT2D eigenvalue weighted by Gasteiger charge is -2.18. The van der Waals surface area contributed by atoms with E-state index in [-0.39, 0.29) is 16.9 Å². The van der Waals surface area contributed by atoms with Gasteiger partial charge in [-0.3, -0.25) is 0 Å². The summed E-state index contributed by atoms with van der Waals surface area (Å²) in [5.74, 6) is 0.925. The molecule has 0 unspecified atom stereocenters. The maximum atomic E-state index is 12.9. The van der Waals surface area contributed by atoms with Gasteiger partial charge in [0.25, 0.3) is 5.22 Å². The molecular weight excluding hydrogens is 630 g/mol. The molecule has 0 N–H and O–H groups in total. The fourth-order valence-electron chi connectivity index (χ4n) is 5.23. The molecule has 0 aliphatic heterocycles. The van der Waals surface area contributed by atoms with E-state index in [2.05, 4.69) is 55.0 Å². The molecule has 1 saturated carbocycles. The summed E-state index contributed by atoms with van der Waals surface area (Å²) in [6, 6.07) is 23.4. The van der Waals surface area contributed by atoms with Crippen LogP contribution in [0.25, 0.3) is 34.0 Å². The summed E-state index contributed by atoms with van der Waals surface area (Å²) < 4.78 is 26.2. The van der Waals surface area contributed by atoms with Gasteiger partial charge in [-0.05, 0) is 72.0 Å². The smallest absolute Gasteiger partial charge is 0.308 e. The van der Waals surface area contributed by atoms with Gasteiger partial charge in [-0.2, -0.15) is 0 Å². The fourth-order valence-corrected chi connectivity index (χ4v) is 7.25. The maximum absolute atomic E-state index is 12.9. The molecule has 3 heterocycles. The third-order valence-corrected chi connectivity index (χ3v) is 10.1.